The van der Waals surface area contributed by atoms with Crippen LogP contribution < -0.4 is 16.2 Å². The number of ether oxygens (including phenoxy) is 1. The fourth-order valence-corrected chi connectivity index (χ4v) is 5.71. The van der Waals surface area contributed by atoms with Crippen LogP contribution >= 0.6 is 11.3 Å². The number of anilines is 2. The summed E-state index contributed by atoms with van der Waals surface area (Å²) in [5, 5.41) is 6.44. The van der Waals surface area contributed by atoms with Gasteiger partial charge < -0.3 is 20.3 Å². The smallest absolute Gasteiger partial charge is 0.410 e. The Morgan fingerprint density at radius 1 is 1.05 bits per heavy atom. The number of hydrogen-bond acceptors (Lipinski definition) is 6. The molecule has 1 aliphatic rings. The van der Waals surface area contributed by atoms with Gasteiger partial charge in [-0.15, -0.1) is 11.3 Å². The number of thiophene rings is 1. The number of fused-ring (bicyclic) bond motifs is 1. The van der Waals surface area contributed by atoms with Crippen LogP contribution in [0.15, 0.2) is 65.5 Å². The molecule has 0 spiro atoms. The number of rotatable bonds is 5. The van der Waals surface area contributed by atoms with E-state index in [0.29, 0.717) is 28.9 Å². The number of likely N-dealkylation sites (tertiary alicyclic amines) is 1. The molecule has 208 valence electrons. The summed E-state index contributed by atoms with van der Waals surface area (Å²) in [5.74, 6) is -2.01. The van der Waals surface area contributed by atoms with Crippen molar-refractivity contribution < 1.29 is 23.1 Å². The number of aromatic nitrogens is 1. The number of halogens is 2. The van der Waals surface area contributed by atoms with Crippen molar-refractivity contribution >= 4 is 44.9 Å². The molecule has 3 heterocycles. The third-order valence-electron chi connectivity index (χ3n) is 6.33. The standard InChI is InChI=1S/C29H28F2N4O4S/c1-29(2,3)39-28(38)34-14-13-18(16-34)32-26(37)25-24(33-22-11-9-17(30)15-21(22)31)20-10-12-23(36)35(27(20)40-25)19-7-5-4-6-8-19/h4-12,15,18,33H,13-14,16H2,1-3H3,(H,32,37)/t18-/m0/s1. The van der Waals surface area contributed by atoms with E-state index in [9.17, 15) is 23.2 Å². The first-order valence-corrected chi connectivity index (χ1v) is 13.6. The average molecular weight is 567 g/mol. The Kier molecular flexibility index (Phi) is 7.33. The normalized spacial score (nSPS) is 15.3. The Bertz CT molecular complexity index is 1650. The van der Waals surface area contributed by atoms with E-state index >= 15 is 0 Å². The van der Waals surface area contributed by atoms with Gasteiger partial charge in [0, 0.05) is 36.7 Å². The van der Waals surface area contributed by atoms with Gasteiger partial charge in [-0.3, -0.25) is 14.2 Å². The van der Waals surface area contributed by atoms with Gasteiger partial charge in [-0.1, -0.05) is 18.2 Å². The molecule has 2 amide bonds. The van der Waals surface area contributed by atoms with Gasteiger partial charge in [-0.2, -0.15) is 0 Å². The fourth-order valence-electron chi connectivity index (χ4n) is 4.53. The second-order valence-electron chi connectivity index (χ2n) is 10.5. The van der Waals surface area contributed by atoms with Crippen LogP contribution in [0.1, 0.15) is 36.9 Å². The lowest BCUT2D eigenvalue weighted by Crippen LogP contribution is -2.40. The maximum Gasteiger partial charge on any atom is 0.410 e. The quantitative estimate of drug-likeness (QED) is 0.318. The van der Waals surface area contributed by atoms with Crippen molar-refractivity contribution in [2.24, 2.45) is 0 Å². The number of carbonyl (C=O) groups is 2. The minimum absolute atomic E-state index is 0.0235. The lowest BCUT2D eigenvalue weighted by atomic mass is 10.2. The van der Waals surface area contributed by atoms with E-state index in [4.69, 9.17) is 4.74 Å². The molecular weight excluding hydrogens is 538 g/mol. The molecule has 2 aromatic carbocycles. The summed E-state index contributed by atoms with van der Waals surface area (Å²) in [7, 11) is 0. The fraction of sp³-hybridized carbons (Fsp3) is 0.276. The van der Waals surface area contributed by atoms with Crippen LogP contribution in [-0.2, 0) is 4.74 Å². The average Bonchev–Trinajstić information content (AvgIpc) is 3.50. The van der Waals surface area contributed by atoms with Crippen molar-refractivity contribution in [3.63, 3.8) is 0 Å². The van der Waals surface area contributed by atoms with E-state index in [-0.39, 0.29) is 34.4 Å². The Morgan fingerprint density at radius 3 is 2.50 bits per heavy atom. The number of para-hydroxylation sites is 1. The van der Waals surface area contributed by atoms with Crippen LogP contribution in [0.5, 0.6) is 0 Å². The molecule has 1 fully saturated rings. The molecule has 2 aromatic heterocycles. The number of benzene rings is 2. The van der Waals surface area contributed by atoms with Gasteiger partial charge >= 0.3 is 6.09 Å². The highest BCUT2D eigenvalue weighted by Crippen LogP contribution is 2.38. The number of nitrogens with one attached hydrogen (secondary N) is 2. The van der Waals surface area contributed by atoms with Crippen LogP contribution in [0, 0.1) is 11.6 Å². The van der Waals surface area contributed by atoms with Gasteiger partial charge in [-0.05, 0) is 57.5 Å². The second-order valence-corrected chi connectivity index (χ2v) is 11.5. The zero-order valence-corrected chi connectivity index (χ0v) is 23.0. The van der Waals surface area contributed by atoms with E-state index < -0.39 is 29.2 Å². The van der Waals surface area contributed by atoms with E-state index in [2.05, 4.69) is 10.6 Å². The molecule has 4 aromatic rings. The van der Waals surface area contributed by atoms with Gasteiger partial charge in [-0.25, -0.2) is 13.6 Å². The molecule has 1 atom stereocenters. The molecule has 40 heavy (non-hydrogen) atoms. The minimum Gasteiger partial charge on any atom is -0.444 e. The lowest BCUT2D eigenvalue weighted by Gasteiger charge is -2.24. The lowest BCUT2D eigenvalue weighted by molar-refractivity contribution is 0.0290. The number of pyridine rings is 1. The molecule has 0 radical (unpaired) electrons. The van der Waals surface area contributed by atoms with Gasteiger partial charge in [0.05, 0.1) is 17.1 Å². The van der Waals surface area contributed by atoms with E-state index in [1.807, 2.05) is 6.07 Å². The SMILES string of the molecule is CC(C)(C)OC(=O)N1CC[C@H](NC(=O)c2sc3c(ccc(=O)n3-c3ccccc3)c2Nc2ccc(F)cc2F)C1. The Morgan fingerprint density at radius 2 is 1.80 bits per heavy atom. The van der Waals surface area contributed by atoms with Crippen molar-refractivity contribution in [3.8, 4) is 5.69 Å². The summed E-state index contributed by atoms with van der Waals surface area (Å²) in [6.45, 7) is 6.06. The van der Waals surface area contributed by atoms with E-state index in [1.165, 1.54) is 16.7 Å². The summed E-state index contributed by atoms with van der Waals surface area (Å²) >= 11 is 1.08. The second kappa shape index (κ2) is 10.7. The number of amides is 2. The van der Waals surface area contributed by atoms with Crippen molar-refractivity contribution in [2.75, 3.05) is 18.4 Å². The van der Waals surface area contributed by atoms with Crippen LogP contribution in [-0.4, -0.2) is 46.2 Å². The molecule has 2 N–H and O–H groups in total. The van der Waals surface area contributed by atoms with Crippen molar-refractivity contribution in [1.29, 1.82) is 0 Å². The molecule has 0 bridgehead atoms. The van der Waals surface area contributed by atoms with Gasteiger partial charge in [0.25, 0.3) is 11.5 Å². The third-order valence-corrected chi connectivity index (χ3v) is 7.52. The van der Waals surface area contributed by atoms with E-state index in [0.717, 1.165) is 23.5 Å². The minimum atomic E-state index is -0.828. The van der Waals surface area contributed by atoms with Crippen LogP contribution in [0.4, 0.5) is 25.0 Å². The molecule has 0 unspecified atom stereocenters. The molecule has 8 nitrogen and oxygen atoms in total. The maximum atomic E-state index is 14.6. The largest absolute Gasteiger partial charge is 0.444 e. The highest BCUT2D eigenvalue weighted by molar-refractivity contribution is 7.21. The van der Waals surface area contributed by atoms with Gasteiger partial charge in [0.2, 0.25) is 0 Å². The number of carbonyl (C=O) groups excluding carboxylic acids is 2. The molecule has 11 heteroatoms. The van der Waals surface area contributed by atoms with Crippen molar-refractivity contribution in [3.05, 3.63) is 87.5 Å². The van der Waals surface area contributed by atoms with Crippen LogP contribution in [0.3, 0.4) is 0 Å². The highest BCUT2D eigenvalue weighted by Gasteiger charge is 2.32. The Hall–Kier alpha value is -4.25. The van der Waals surface area contributed by atoms with Gasteiger partial charge in [0.1, 0.15) is 26.9 Å². The zero-order chi connectivity index (χ0) is 28.6. The van der Waals surface area contributed by atoms with Gasteiger partial charge in [0.15, 0.2) is 0 Å². The number of nitrogens with zero attached hydrogens (tertiary/aromatic N) is 2. The Labute approximate surface area is 233 Å². The summed E-state index contributed by atoms with van der Waals surface area (Å²) in [4.78, 5) is 41.3. The predicted octanol–water partition coefficient (Wildman–Crippen LogP) is 5.81. The van der Waals surface area contributed by atoms with E-state index in [1.54, 1.807) is 56.0 Å². The molecule has 0 aliphatic carbocycles. The summed E-state index contributed by atoms with van der Waals surface area (Å²) in [5.41, 5.74) is -0.0654. The summed E-state index contributed by atoms with van der Waals surface area (Å²) in [6, 6.07) is 14.7. The van der Waals surface area contributed by atoms with Crippen molar-refractivity contribution in [2.45, 2.75) is 38.8 Å². The third kappa shape index (κ3) is 5.69. The number of hydrogen-bond donors (Lipinski definition) is 2. The highest BCUT2D eigenvalue weighted by atomic mass is 32.1. The topological polar surface area (TPSA) is 92.7 Å². The summed E-state index contributed by atoms with van der Waals surface area (Å²) < 4.78 is 35.1. The molecule has 0 saturated carbocycles. The van der Waals surface area contributed by atoms with Crippen molar-refractivity contribution in [1.82, 2.24) is 14.8 Å². The predicted molar refractivity (Wildman–Crippen MR) is 151 cm³/mol. The first kappa shape index (κ1) is 27.3. The molecule has 1 saturated heterocycles. The zero-order valence-electron chi connectivity index (χ0n) is 22.2. The van der Waals surface area contributed by atoms with Crippen LogP contribution in [0.2, 0.25) is 0 Å². The molecule has 5 rings (SSSR count). The Balaban J connectivity index is 1.52. The van der Waals surface area contributed by atoms with Crippen LogP contribution in [0.25, 0.3) is 15.9 Å². The first-order valence-electron chi connectivity index (χ1n) is 12.7. The molecular formula is C29H28F2N4O4S. The summed E-state index contributed by atoms with van der Waals surface area (Å²) in [6.07, 6.45) is 0.0760. The maximum absolute atomic E-state index is 14.6. The molecule has 1 aliphatic heterocycles. The first-order chi connectivity index (χ1) is 19.0. The monoisotopic (exact) mass is 566 g/mol.